The highest BCUT2D eigenvalue weighted by molar-refractivity contribution is 5.97. The van der Waals surface area contributed by atoms with Gasteiger partial charge in [-0.05, 0) is 58.2 Å². The number of anilines is 1. The number of ether oxygens (including phenoxy) is 1. The number of carbonyl (C=O) groups is 2. The highest BCUT2D eigenvalue weighted by atomic mass is 16.5. The van der Waals surface area contributed by atoms with E-state index < -0.39 is 0 Å². The van der Waals surface area contributed by atoms with Gasteiger partial charge < -0.3 is 20.7 Å². The number of hydrogen-bond acceptors (Lipinski definition) is 3. The van der Waals surface area contributed by atoms with E-state index in [1.165, 1.54) is 0 Å². The van der Waals surface area contributed by atoms with Crippen molar-refractivity contribution >= 4 is 17.6 Å². The van der Waals surface area contributed by atoms with E-state index >= 15 is 0 Å². The molecule has 0 unspecified atom stereocenters. The summed E-state index contributed by atoms with van der Waals surface area (Å²) in [5.41, 5.74) is 0.800. The van der Waals surface area contributed by atoms with Gasteiger partial charge in [-0.2, -0.15) is 0 Å². The average Bonchev–Trinajstić information content (AvgIpc) is 2.99. The minimum absolute atomic E-state index is 0.162. The maximum absolute atomic E-state index is 12.2. The molecule has 0 bridgehead atoms. The predicted octanol–water partition coefficient (Wildman–Crippen LogP) is 2.91. The van der Waals surface area contributed by atoms with E-state index in [0.717, 1.165) is 25.9 Å². The van der Waals surface area contributed by atoms with Crippen LogP contribution in [0.15, 0.2) is 24.3 Å². The number of urea groups is 1. The Kier molecular flexibility index (Phi) is 6.20. The second-order valence-corrected chi connectivity index (χ2v) is 7.09. The third-order valence-electron chi connectivity index (χ3n) is 3.65. The molecule has 1 aromatic rings. The molecule has 2 rings (SSSR count). The molecule has 3 N–H and O–H groups in total. The fourth-order valence-electron chi connectivity index (χ4n) is 2.54. The van der Waals surface area contributed by atoms with Crippen molar-refractivity contribution in [2.24, 2.45) is 0 Å². The van der Waals surface area contributed by atoms with Gasteiger partial charge >= 0.3 is 6.03 Å². The molecule has 0 radical (unpaired) electrons. The van der Waals surface area contributed by atoms with Gasteiger partial charge in [0, 0.05) is 29.9 Å². The summed E-state index contributed by atoms with van der Waals surface area (Å²) < 4.78 is 5.52. The van der Waals surface area contributed by atoms with Crippen LogP contribution in [0.3, 0.4) is 0 Å². The number of rotatable bonds is 5. The van der Waals surface area contributed by atoms with Gasteiger partial charge in [0.05, 0.1) is 6.10 Å². The first-order chi connectivity index (χ1) is 11.3. The largest absolute Gasteiger partial charge is 0.378 e. The first kappa shape index (κ1) is 18.3. The summed E-state index contributed by atoms with van der Waals surface area (Å²) in [6, 6.07) is 6.62. The van der Waals surface area contributed by atoms with Gasteiger partial charge in [-0.1, -0.05) is 6.07 Å². The maximum atomic E-state index is 12.2. The van der Waals surface area contributed by atoms with Crippen molar-refractivity contribution in [1.82, 2.24) is 10.6 Å². The average molecular weight is 333 g/mol. The molecule has 1 aromatic carbocycles. The predicted molar refractivity (Wildman–Crippen MR) is 94.3 cm³/mol. The summed E-state index contributed by atoms with van der Waals surface area (Å²) in [5.74, 6) is -0.162. The third-order valence-corrected chi connectivity index (χ3v) is 3.65. The summed E-state index contributed by atoms with van der Waals surface area (Å²) in [4.78, 5) is 24.1. The molecule has 132 valence electrons. The second-order valence-electron chi connectivity index (χ2n) is 7.09. The van der Waals surface area contributed by atoms with Gasteiger partial charge in [-0.3, -0.25) is 4.79 Å². The highest BCUT2D eigenvalue weighted by Crippen LogP contribution is 2.15. The van der Waals surface area contributed by atoms with Crippen molar-refractivity contribution in [2.75, 3.05) is 18.5 Å². The monoisotopic (exact) mass is 333 g/mol. The molecule has 0 aliphatic carbocycles. The van der Waals surface area contributed by atoms with E-state index in [0.29, 0.717) is 17.8 Å². The zero-order chi connectivity index (χ0) is 17.6. The van der Waals surface area contributed by atoms with E-state index in [9.17, 15) is 9.59 Å². The van der Waals surface area contributed by atoms with E-state index in [4.69, 9.17) is 4.74 Å². The van der Waals surface area contributed by atoms with Gasteiger partial charge in [-0.25, -0.2) is 4.79 Å². The summed E-state index contributed by atoms with van der Waals surface area (Å²) in [6.07, 6.45) is 3.24. The fourth-order valence-corrected chi connectivity index (χ4v) is 2.54. The van der Waals surface area contributed by atoms with Crippen LogP contribution in [-0.4, -0.2) is 36.7 Å². The van der Waals surface area contributed by atoms with Gasteiger partial charge in [0.25, 0.3) is 5.91 Å². The summed E-state index contributed by atoms with van der Waals surface area (Å²) >= 11 is 0. The van der Waals surface area contributed by atoms with Crippen LogP contribution < -0.4 is 16.0 Å². The maximum Gasteiger partial charge on any atom is 0.319 e. The molecule has 24 heavy (non-hydrogen) atoms. The molecule has 1 aliphatic rings. The van der Waals surface area contributed by atoms with Crippen molar-refractivity contribution < 1.29 is 14.3 Å². The zero-order valence-electron chi connectivity index (χ0n) is 14.6. The molecule has 0 aromatic heterocycles. The zero-order valence-corrected chi connectivity index (χ0v) is 14.6. The Morgan fingerprint density at radius 2 is 2.08 bits per heavy atom. The summed E-state index contributed by atoms with van der Waals surface area (Å²) in [5, 5.41) is 8.47. The first-order valence-electron chi connectivity index (χ1n) is 8.42. The molecule has 1 saturated heterocycles. The van der Waals surface area contributed by atoms with Crippen LogP contribution in [-0.2, 0) is 4.74 Å². The molecule has 1 fully saturated rings. The lowest BCUT2D eigenvalue weighted by Gasteiger charge is -2.20. The lowest BCUT2D eigenvalue weighted by atomic mass is 10.1. The Morgan fingerprint density at radius 3 is 2.75 bits per heavy atom. The standard InChI is InChI=1S/C18H27N3O3/c1-18(2,3)21-16(22)13-6-4-7-14(12-13)20-17(23)19-10-9-15-8-5-11-24-15/h4,6-7,12,15H,5,8-11H2,1-3H3,(H,21,22)(H2,19,20,23)/t15-/m0/s1. The number of benzene rings is 1. The van der Waals surface area contributed by atoms with Crippen molar-refractivity contribution in [2.45, 2.75) is 51.7 Å². The van der Waals surface area contributed by atoms with E-state index in [-0.39, 0.29) is 23.6 Å². The van der Waals surface area contributed by atoms with Crippen LogP contribution in [0.25, 0.3) is 0 Å². The minimum atomic E-state index is -0.305. The van der Waals surface area contributed by atoms with Crippen molar-refractivity contribution in [3.8, 4) is 0 Å². The molecule has 3 amide bonds. The Hall–Kier alpha value is -2.08. The summed E-state index contributed by atoms with van der Waals surface area (Å²) in [7, 11) is 0. The smallest absolute Gasteiger partial charge is 0.319 e. The number of hydrogen-bond donors (Lipinski definition) is 3. The molecule has 6 heteroatoms. The van der Waals surface area contributed by atoms with Crippen LogP contribution in [0.2, 0.25) is 0 Å². The van der Waals surface area contributed by atoms with E-state index in [2.05, 4.69) is 16.0 Å². The second kappa shape index (κ2) is 8.15. The molecule has 1 aliphatic heterocycles. The van der Waals surface area contributed by atoms with Crippen LogP contribution >= 0.6 is 0 Å². The van der Waals surface area contributed by atoms with E-state index in [1.807, 2.05) is 20.8 Å². The SMILES string of the molecule is CC(C)(C)NC(=O)c1cccc(NC(=O)NCC[C@@H]2CCCO2)c1. The Balaban J connectivity index is 1.82. The molecule has 6 nitrogen and oxygen atoms in total. The summed E-state index contributed by atoms with van der Waals surface area (Å²) in [6.45, 7) is 7.17. The Morgan fingerprint density at radius 1 is 1.29 bits per heavy atom. The van der Waals surface area contributed by atoms with Gasteiger partial charge in [-0.15, -0.1) is 0 Å². The van der Waals surface area contributed by atoms with Crippen molar-refractivity contribution in [3.63, 3.8) is 0 Å². The van der Waals surface area contributed by atoms with Crippen molar-refractivity contribution in [1.29, 1.82) is 0 Å². The fraction of sp³-hybridized carbons (Fsp3) is 0.556. The lowest BCUT2D eigenvalue weighted by molar-refractivity contribution is 0.0919. The number of amides is 3. The molecular formula is C18H27N3O3. The molecular weight excluding hydrogens is 306 g/mol. The van der Waals surface area contributed by atoms with Crippen LogP contribution in [0.1, 0.15) is 50.4 Å². The third kappa shape index (κ3) is 6.20. The minimum Gasteiger partial charge on any atom is -0.378 e. The van der Waals surface area contributed by atoms with E-state index in [1.54, 1.807) is 24.3 Å². The molecule has 0 spiro atoms. The lowest BCUT2D eigenvalue weighted by Crippen LogP contribution is -2.40. The first-order valence-corrected chi connectivity index (χ1v) is 8.42. The van der Waals surface area contributed by atoms with Crippen LogP contribution in [0, 0.1) is 0 Å². The Bertz CT molecular complexity index is 575. The molecule has 1 heterocycles. The quantitative estimate of drug-likeness (QED) is 0.775. The van der Waals surface area contributed by atoms with Crippen molar-refractivity contribution in [3.05, 3.63) is 29.8 Å². The number of nitrogens with one attached hydrogen (secondary N) is 3. The van der Waals surface area contributed by atoms with Gasteiger partial charge in [0.2, 0.25) is 0 Å². The number of carbonyl (C=O) groups excluding carboxylic acids is 2. The topological polar surface area (TPSA) is 79.5 Å². The normalized spacial score (nSPS) is 17.4. The molecule has 1 atom stereocenters. The molecule has 0 saturated carbocycles. The highest BCUT2D eigenvalue weighted by Gasteiger charge is 2.16. The Labute approximate surface area is 143 Å². The van der Waals surface area contributed by atoms with Crippen LogP contribution in [0.5, 0.6) is 0 Å². The van der Waals surface area contributed by atoms with Crippen LogP contribution in [0.4, 0.5) is 10.5 Å². The van der Waals surface area contributed by atoms with Gasteiger partial charge in [0.1, 0.15) is 0 Å². The van der Waals surface area contributed by atoms with Gasteiger partial charge in [0.15, 0.2) is 0 Å².